The van der Waals surface area contributed by atoms with Crippen LogP contribution in [-0.4, -0.2) is 42.6 Å². The van der Waals surface area contributed by atoms with Gasteiger partial charge in [-0.2, -0.15) is 5.10 Å². The summed E-state index contributed by atoms with van der Waals surface area (Å²) in [4.78, 5) is 2.30. The first-order valence-corrected chi connectivity index (χ1v) is 8.19. The van der Waals surface area contributed by atoms with Crippen molar-refractivity contribution in [3.63, 3.8) is 0 Å². The number of aryl methyl sites for hydroxylation is 2. The molecular formula is C16H30N4O. The summed E-state index contributed by atoms with van der Waals surface area (Å²) < 4.78 is 7.87. The molecule has 0 radical (unpaired) electrons. The van der Waals surface area contributed by atoms with Crippen molar-refractivity contribution in [2.24, 2.45) is 7.05 Å². The van der Waals surface area contributed by atoms with Crippen LogP contribution in [0, 0.1) is 6.92 Å². The normalized spacial score (nSPS) is 19.0. The van der Waals surface area contributed by atoms with E-state index in [9.17, 15) is 0 Å². The number of likely N-dealkylation sites (N-methyl/N-ethyl adjacent to an activating group) is 1. The Kier molecular flexibility index (Phi) is 6.06. The first-order valence-electron chi connectivity index (χ1n) is 8.19. The van der Waals surface area contributed by atoms with Gasteiger partial charge in [-0.15, -0.1) is 0 Å². The minimum atomic E-state index is 0.357. The smallest absolute Gasteiger partial charge is 0.131 e. The molecule has 0 saturated carbocycles. The molecule has 0 aliphatic carbocycles. The van der Waals surface area contributed by atoms with Crippen molar-refractivity contribution in [3.05, 3.63) is 11.3 Å². The molecule has 1 aromatic rings. The lowest BCUT2D eigenvalue weighted by molar-refractivity contribution is 0.0214. The van der Waals surface area contributed by atoms with Gasteiger partial charge in [0.25, 0.3) is 0 Å². The van der Waals surface area contributed by atoms with Crippen molar-refractivity contribution >= 4 is 5.82 Å². The highest BCUT2D eigenvalue weighted by Crippen LogP contribution is 2.24. The third kappa shape index (κ3) is 4.20. The molecule has 1 saturated heterocycles. The molecular weight excluding hydrogens is 264 g/mol. The summed E-state index contributed by atoms with van der Waals surface area (Å²) in [6, 6.07) is 0. The molecule has 0 spiro atoms. The molecule has 1 atom stereocenters. The average Bonchev–Trinajstić information content (AvgIpc) is 2.74. The van der Waals surface area contributed by atoms with E-state index in [-0.39, 0.29) is 0 Å². The Labute approximate surface area is 128 Å². The average molecular weight is 294 g/mol. The summed E-state index contributed by atoms with van der Waals surface area (Å²) in [5, 5.41) is 8.09. The Balaban J connectivity index is 2.05. The molecule has 1 unspecified atom stereocenters. The number of anilines is 1. The van der Waals surface area contributed by atoms with Crippen LogP contribution in [0.5, 0.6) is 0 Å². The lowest BCUT2D eigenvalue weighted by atomic mass is 10.1. The van der Waals surface area contributed by atoms with E-state index in [0.29, 0.717) is 6.10 Å². The number of rotatable bonds is 7. The van der Waals surface area contributed by atoms with Crippen molar-refractivity contribution in [1.29, 1.82) is 0 Å². The molecule has 1 aliphatic rings. The second-order valence-electron chi connectivity index (χ2n) is 6.06. The predicted molar refractivity (Wildman–Crippen MR) is 86.8 cm³/mol. The zero-order valence-corrected chi connectivity index (χ0v) is 14.0. The number of nitrogens with zero attached hydrogens (tertiary/aromatic N) is 3. The second kappa shape index (κ2) is 7.80. The van der Waals surface area contributed by atoms with Gasteiger partial charge in [-0.25, -0.2) is 0 Å². The molecule has 0 aromatic carbocycles. The van der Waals surface area contributed by atoms with Crippen LogP contribution in [0.1, 0.15) is 43.9 Å². The summed E-state index contributed by atoms with van der Waals surface area (Å²) in [5.74, 6) is 1.21. The van der Waals surface area contributed by atoms with Crippen LogP contribution >= 0.6 is 0 Å². The standard InChI is InChI=1S/C16H30N4O/c1-5-9-17-11-15-13(2)18-20(4)16(15)19(3)12-14-8-6-7-10-21-14/h14,17H,5-12H2,1-4H3. The number of ether oxygens (including phenoxy) is 1. The molecule has 0 amide bonds. The quantitative estimate of drug-likeness (QED) is 0.783. The summed E-state index contributed by atoms with van der Waals surface area (Å²) in [5.41, 5.74) is 2.43. The number of hydrogen-bond acceptors (Lipinski definition) is 4. The Morgan fingerprint density at radius 1 is 1.43 bits per heavy atom. The van der Waals surface area contributed by atoms with Gasteiger partial charge < -0.3 is 15.0 Å². The van der Waals surface area contributed by atoms with Crippen LogP contribution in [0.2, 0.25) is 0 Å². The molecule has 120 valence electrons. The van der Waals surface area contributed by atoms with Gasteiger partial charge in [-0.05, 0) is 39.2 Å². The molecule has 1 aromatic heterocycles. The molecule has 1 N–H and O–H groups in total. The number of hydrogen-bond donors (Lipinski definition) is 1. The summed E-state index contributed by atoms with van der Waals surface area (Å²) >= 11 is 0. The molecule has 2 heterocycles. The number of nitrogens with one attached hydrogen (secondary N) is 1. The van der Waals surface area contributed by atoms with E-state index < -0.39 is 0 Å². The van der Waals surface area contributed by atoms with Crippen molar-refractivity contribution in [3.8, 4) is 0 Å². The van der Waals surface area contributed by atoms with Crippen molar-refractivity contribution in [2.75, 3.05) is 31.6 Å². The monoisotopic (exact) mass is 294 g/mol. The van der Waals surface area contributed by atoms with Crippen LogP contribution in [-0.2, 0) is 18.3 Å². The fraction of sp³-hybridized carbons (Fsp3) is 0.812. The second-order valence-corrected chi connectivity index (χ2v) is 6.06. The van der Waals surface area contributed by atoms with Crippen LogP contribution in [0.25, 0.3) is 0 Å². The Bertz CT molecular complexity index is 438. The van der Waals surface area contributed by atoms with Crippen molar-refractivity contribution in [2.45, 2.75) is 52.2 Å². The van der Waals surface area contributed by atoms with Gasteiger partial charge in [-0.1, -0.05) is 6.92 Å². The molecule has 21 heavy (non-hydrogen) atoms. The zero-order chi connectivity index (χ0) is 15.2. The molecule has 1 fully saturated rings. The summed E-state index contributed by atoms with van der Waals surface area (Å²) in [7, 11) is 4.18. The topological polar surface area (TPSA) is 42.3 Å². The first-order chi connectivity index (χ1) is 10.1. The lowest BCUT2D eigenvalue weighted by Gasteiger charge is -2.29. The van der Waals surface area contributed by atoms with Crippen LogP contribution < -0.4 is 10.2 Å². The first kappa shape index (κ1) is 16.3. The van der Waals surface area contributed by atoms with Gasteiger partial charge in [0.2, 0.25) is 0 Å². The highest BCUT2D eigenvalue weighted by molar-refractivity contribution is 5.49. The van der Waals surface area contributed by atoms with E-state index in [1.807, 2.05) is 11.7 Å². The third-order valence-corrected chi connectivity index (χ3v) is 4.15. The molecule has 1 aliphatic heterocycles. The third-order valence-electron chi connectivity index (χ3n) is 4.15. The van der Waals surface area contributed by atoms with Gasteiger partial charge in [0.15, 0.2) is 0 Å². The highest BCUT2D eigenvalue weighted by Gasteiger charge is 2.21. The van der Waals surface area contributed by atoms with Crippen LogP contribution in [0.4, 0.5) is 5.82 Å². The maximum absolute atomic E-state index is 5.87. The van der Waals surface area contributed by atoms with E-state index in [2.05, 4.69) is 36.2 Å². The van der Waals surface area contributed by atoms with Gasteiger partial charge in [-0.3, -0.25) is 4.68 Å². The summed E-state index contributed by atoms with van der Waals surface area (Å²) in [6.45, 7) is 8.07. The van der Waals surface area contributed by atoms with Gasteiger partial charge >= 0.3 is 0 Å². The Morgan fingerprint density at radius 3 is 2.90 bits per heavy atom. The van der Waals surface area contributed by atoms with Gasteiger partial charge in [0.05, 0.1) is 11.8 Å². The van der Waals surface area contributed by atoms with E-state index in [4.69, 9.17) is 4.74 Å². The SMILES string of the molecule is CCCNCc1c(C)nn(C)c1N(C)CC1CCCCO1. The minimum absolute atomic E-state index is 0.357. The van der Waals surface area contributed by atoms with E-state index in [0.717, 1.165) is 38.4 Å². The molecule has 2 rings (SSSR count). The molecule has 5 nitrogen and oxygen atoms in total. The predicted octanol–water partition coefficient (Wildman–Crippen LogP) is 2.23. The maximum atomic E-state index is 5.87. The molecule has 0 bridgehead atoms. The van der Waals surface area contributed by atoms with Gasteiger partial charge in [0, 0.05) is 39.4 Å². The fourth-order valence-electron chi connectivity index (χ4n) is 3.11. The van der Waals surface area contributed by atoms with Gasteiger partial charge in [0.1, 0.15) is 5.82 Å². The maximum Gasteiger partial charge on any atom is 0.131 e. The number of aromatic nitrogens is 2. The highest BCUT2D eigenvalue weighted by atomic mass is 16.5. The van der Waals surface area contributed by atoms with Crippen molar-refractivity contribution < 1.29 is 4.74 Å². The van der Waals surface area contributed by atoms with Crippen LogP contribution in [0.15, 0.2) is 0 Å². The largest absolute Gasteiger partial charge is 0.376 e. The van der Waals surface area contributed by atoms with E-state index >= 15 is 0 Å². The van der Waals surface area contributed by atoms with E-state index in [1.165, 1.54) is 30.6 Å². The summed E-state index contributed by atoms with van der Waals surface area (Å²) in [6.07, 6.45) is 5.17. The Hall–Kier alpha value is -1.07. The fourth-order valence-corrected chi connectivity index (χ4v) is 3.11. The lowest BCUT2D eigenvalue weighted by Crippen LogP contribution is -2.35. The van der Waals surface area contributed by atoms with E-state index in [1.54, 1.807) is 0 Å². The van der Waals surface area contributed by atoms with Crippen LogP contribution in [0.3, 0.4) is 0 Å². The zero-order valence-electron chi connectivity index (χ0n) is 14.0. The van der Waals surface area contributed by atoms with Crippen molar-refractivity contribution in [1.82, 2.24) is 15.1 Å². The minimum Gasteiger partial charge on any atom is -0.376 e. The Morgan fingerprint density at radius 2 is 2.24 bits per heavy atom. The molecule has 5 heteroatoms.